The quantitative estimate of drug-likeness (QED) is 0.911. The molecule has 22 heavy (non-hydrogen) atoms. The van der Waals surface area contributed by atoms with E-state index in [1.54, 1.807) is 0 Å². The maximum Gasteiger partial charge on any atom is 0.291 e. The number of benzene rings is 1. The van der Waals surface area contributed by atoms with Gasteiger partial charge in [0, 0.05) is 24.5 Å². The first-order valence-corrected chi connectivity index (χ1v) is 7.84. The van der Waals surface area contributed by atoms with E-state index in [0.29, 0.717) is 5.82 Å². The van der Waals surface area contributed by atoms with Crippen molar-refractivity contribution in [1.29, 1.82) is 0 Å². The molecule has 1 aromatic heterocycles. The molecule has 3 atom stereocenters. The molecule has 0 aliphatic carbocycles. The number of nitrogens with one attached hydrogen (secondary N) is 1. The molecule has 4 rings (SSSR count). The highest BCUT2D eigenvalue weighted by molar-refractivity contribution is 5.97. The van der Waals surface area contributed by atoms with E-state index in [2.05, 4.69) is 24.2 Å². The number of quaternary nitrogens is 1. The number of anilines is 1. The number of hydrogen-bond donors (Lipinski definition) is 1. The second-order valence-electron chi connectivity index (χ2n) is 6.28. The number of hydrogen-bond acceptors (Lipinski definition) is 3. The molecule has 1 N–H and O–H groups in total. The first-order chi connectivity index (χ1) is 10.7. The molecule has 114 valence electrons. The second-order valence-corrected chi connectivity index (χ2v) is 6.28. The summed E-state index contributed by atoms with van der Waals surface area (Å²) in [6.07, 6.45) is 2.08. The molecule has 5 heteroatoms. The Bertz CT molecular complexity index is 724. The molecule has 0 saturated carbocycles. The minimum Gasteiger partial charge on any atom is -0.360 e. The molecule has 2 saturated heterocycles. The number of carbonyl (C=O) groups is 1. The standard InChI is InChI=1S/C17H19N3O2/c1-11-6-3-4-7-13(11)16-19-9-5-8-14(19)17(21)20(16)15-10-12(2)22-18-15/h3-4,6-7,10,14,16H,5,8-9H2,1-2H3/p+1. The van der Waals surface area contributed by atoms with Gasteiger partial charge in [-0.25, -0.2) is 4.90 Å². The van der Waals surface area contributed by atoms with Crippen molar-refractivity contribution in [3.63, 3.8) is 0 Å². The van der Waals surface area contributed by atoms with Crippen LogP contribution >= 0.6 is 0 Å². The first-order valence-electron chi connectivity index (χ1n) is 7.84. The fourth-order valence-electron chi connectivity index (χ4n) is 3.88. The Morgan fingerprint density at radius 1 is 1.32 bits per heavy atom. The molecule has 0 bridgehead atoms. The lowest BCUT2D eigenvalue weighted by molar-refractivity contribution is -0.924. The highest BCUT2D eigenvalue weighted by atomic mass is 16.5. The van der Waals surface area contributed by atoms with Gasteiger partial charge in [-0.05, 0) is 19.4 Å². The number of carbonyl (C=O) groups excluding carboxylic acids is 1. The van der Waals surface area contributed by atoms with Crippen LogP contribution in [-0.2, 0) is 4.79 Å². The SMILES string of the molecule is Cc1cc(N2C(=O)C3CCC[NH+]3C2c2ccccc2C)no1. The Kier molecular flexibility index (Phi) is 3.04. The van der Waals surface area contributed by atoms with Crippen LogP contribution in [0.1, 0.15) is 35.9 Å². The summed E-state index contributed by atoms with van der Waals surface area (Å²) >= 11 is 0. The summed E-state index contributed by atoms with van der Waals surface area (Å²) in [4.78, 5) is 16.1. The molecule has 1 aromatic carbocycles. The molecule has 0 radical (unpaired) electrons. The van der Waals surface area contributed by atoms with Crippen molar-refractivity contribution < 1.29 is 14.2 Å². The number of aromatic nitrogens is 1. The zero-order valence-electron chi connectivity index (χ0n) is 12.9. The maximum atomic E-state index is 12.9. The van der Waals surface area contributed by atoms with E-state index in [4.69, 9.17) is 4.52 Å². The van der Waals surface area contributed by atoms with E-state index < -0.39 is 0 Å². The molecule has 1 amide bonds. The second kappa shape index (κ2) is 4.95. The third-order valence-electron chi connectivity index (χ3n) is 4.90. The molecule has 2 fully saturated rings. The number of aryl methyl sites for hydroxylation is 2. The molecule has 2 aliphatic heterocycles. The Morgan fingerprint density at radius 3 is 2.86 bits per heavy atom. The van der Waals surface area contributed by atoms with E-state index >= 15 is 0 Å². The summed E-state index contributed by atoms with van der Waals surface area (Å²) in [6, 6.07) is 10.2. The van der Waals surface area contributed by atoms with Gasteiger partial charge in [-0.15, -0.1) is 0 Å². The highest BCUT2D eigenvalue weighted by Gasteiger charge is 2.54. The Hall–Kier alpha value is -2.14. The van der Waals surface area contributed by atoms with Gasteiger partial charge in [-0.1, -0.05) is 29.4 Å². The Labute approximate surface area is 129 Å². The minimum absolute atomic E-state index is 0.00528. The minimum atomic E-state index is 0.00528. The molecule has 0 spiro atoms. The molecule has 2 aliphatic rings. The van der Waals surface area contributed by atoms with Crippen LogP contribution in [0.15, 0.2) is 34.9 Å². The van der Waals surface area contributed by atoms with Crippen LogP contribution in [0.5, 0.6) is 0 Å². The van der Waals surface area contributed by atoms with Gasteiger partial charge < -0.3 is 9.42 Å². The van der Waals surface area contributed by atoms with E-state index in [-0.39, 0.29) is 18.1 Å². The molecular weight excluding hydrogens is 278 g/mol. The zero-order chi connectivity index (χ0) is 15.3. The van der Waals surface area contributed by atoms with Crippen LogP contribution < -0.4 is 9.80 Å². The van der Waals surface area contributed by atoms with Crippen molar-refractivity contribution in [1.82, 2.24) is 5.16 Å². The zero-order valence-corrected chi connectivity index (χ0v) is 12.9. The lowest BCUT2D eigenvalue weighted by atomic mass is 10.1. The van der Waals surface area contributed by atoms with Crippen LogP contribution in [0.2, 0.25) is 0 Å². The van der Waals surface area contributed by atoms with Crippen LogP contribution in [0, 0.1) is 13.8 Å². The number of amides is 1. The van der Waals surface area contributed by atoms with Crippen molar-refractivity contribution in [3.05, 3.63) is 47.2 Å². The lowest BCUT2D eigenvalue weighted by Crippen LogP contribution is -3.12. The number of rotatable bonds is 2. The third kappa shape index (κ3) is 1.89. The van der Waals surface area contributed by atoms with Gasteiger partial charge in [0.25, 0.3) is 5.91 Å². The topological polar surface area (TPSA) is 50.8 Å². The average Bonchev–Trinajstić information content (AvgIpc) is 3.18. The van der Waals surface area contributed by atoms with Crippen LogP contribution in [0.3, 0.4) is 0 Å². The fourth-order valence-corrected chi connectivity index (χ4v) is 3.88. The van der Waals surface area contributed by atoms with Gasteiger partial charge in [-0.2, -0.15) is 0 Å². The van der Waals surface area contributed by atoms with Crippen molar-refractivity contribution in [3.8, 4) is 0 Å². The van der Waals surface area contributed by atoms with Gasteiger partial charge in [0.2, 0.25) is 0 Å². The summed E-state index contributed by atoms with van der Waals surface area (Å²) in [5.41, 5.74) is 2.42. The molecule has 5 nitrogen and oxygen atoms in total. The van der Waals surface area contributed by atoms with Gasteiger partial charge in [0.15, 0.2) is 18.0 Å². The summed E-state index contributed by atoms with van der Waals surface area (Å²) in [5.74, 6) is 1.54. The molecular formula is C17H20N3O2+. The van der Waals surface area contributed by atoms with Gasteiger partial charge in [0.05, 0.1) is 6.54 Å². The van der Waals surface area contributed by atoms with Crippen LogP contribution in [0.4, 0.5) is 5.82 Å². The predicted molar refractivity (Wildman–Crippen MR) is 81.5 cm³/mol. The van der Waals surface area contributed by atoms with Gasteiger partial charge in [0.1, 0.15) is 5.76 Å². The molecule has 3 unspecified atom stereocenters. The lowest BCUT2D eigenvalue weighted by Gasteiger charge is -2.25. The normalized spacial score (nSPS) is 27.5. The van der Waals surface area contributed by atoms with E-state index in [0.717, 1.165) is 25.1 Å². The smallest absolute Gasteiger partial charge is 0.291 e. The van der Waals surface area contributed by atoms with Gasteiger partial charge >= 0.3 is 0 Å². The highest BCUT2D eigenvalue weighted by Crippen LogP contribution is 2.31. The Morgan fingerprint density at radius 2 is 2.14 bits per heavy atom. The van der Waals surface area contributed by atoms with E-state index in [1.165, 1.54) is 16.0 Å². The third-order valence-corrected chi connectivity index (χ3v) is 4.90. The molecule has 3 heterocycles. The van der Waals surface area contributed by atoms with Crippen molar-refractivity contribution in [2.24, 2.45) is 0 Å². The largest absolute Gasteiger partial charge is 0.360 e. The van der Waals surface area contributed by atoms with Crippen molar-refractivity contribution >= 4 is 11.7 Å². The van der Waals surface area contributed by atoms with E-state index in [1.807, 2.05) is 30.0 Å². The summed E-state index contributed by atoms with van der Waals surface area (Å²) < 4.78 is 5.21. The van der Waals surface area contributed by atoms with Crippen molar-refractivity contribution in [2.45, 2.75) is 38.9 Å². The van der Waals surface area contributed by atoms with E-state index in [9.17, 15) is 4.79 Å². The van der Waals surface area contributed by atoms with Gasteiger partial charge in [-0.3, -0.25) is 4.79 Å². The van der Waals surface area contributed by atoms with Crippen LogP contribution in [0.25, 0.3) is 0 Å². The monoisotopic (exact) mass is 298 g/mol. The summed E-state index contributed by atoms with van der Waals surface area (Å²) in [7, 11) is 0. The summed E-state index contributed by atoms with van der Waals surface area (Å²) in [6.45, 7) is 4.99. The predicted octanol–water partition coefficient (Wildman–Crippen LogP) is 1.38. The number of fused-ring (bicyclic) bond motifs is 1. The fraction of sp³-hybridized carbons (Fsp3) is 0.412. The first kappa shape index (κ1) is 13.5. The Balaban J connectivity index is 1.84. The maximum absolute atomic E-state index is 12.9. The average molecular weight is 298 g/mol. The summed E-state index contributed by atoms with van der Waals surface area (Å²) in [5, 5.41) is 4.10. The molecule has 2 aromatic rings. The van der Waals surface area contributed by atoms with Crippen molar-refractivity contribution in [2.75, 3.05) is 11.4 Å². The number of nitrogens with zero attached hydrogens (tertiary/aromatic N) is 2. The van der Waals surface area contributed by atoms with Crippen LogP contribution in [-0.4, -0.2) is 23.7 Å².